The Morgan fingerprint density at radius 2 is 1.63 bits per heavy atom. The number of nitrogens with zero attached hydrogens (tertiary/aromatic N) is 1. The van der Waals surface area contributed by atoms with Gasteiger partial charge >= 0.3 is 19.4 Å². The maximum Gasteiger partial charge on any atom is 0.459 e. The largest absolute Gasteiger partial charge is 0.508 e. The van der Waals surface area contributed by atoms with Crippen molar-refractivity contribution >= 4 is 24.5 Å². The number of aliphatic hydroxyl groups excluding tert-OH is 1. The highest BCUT2D eigenvalue weighted by molar-refractivity contribution is 7.52. The van der Waals surface area contributed by atoms with Gasteiger partial charge in [-0.2, -0.15) is 9.48 Å². The average molecular weight is 688 g/mol. The SMILES string of the molecule is O=C(OCc1ccccc1)[C@H](Cc1ccccc1)NP(=O)(OCC1=C(O)C[C@H](n2cc(F)c(=O)[nH]c2=O)O1)Oc1cccc2ccccc12. The van der Waals surface area contributed by atoms with Gasteiger partial charge in [-0.1, -0.05) is 97.1 Å². The van der Waals surface area contributed by atoms with E-state index in [1.807, 2.05) is 47.4 Å². The lowest BCUT2D eigenvalue weighted by Crippen LogP contribution is -2.39. The van der Waals surface area contributed by atoms with Crippen molar-refractivity contribution in [2.24, 2.45) is 0 Å². The molecule has 4 aromatic carbocycles. The standard InChI is InChI=1S/C35H31FN3O9P/c36-27-20-39(35(43)37-33(27)41)32-19-29(40)31(47-32)22-46-49(44,48-30-17-9-15-25-14-7-8-16-26(25)30)38-28(18-23-10-3-1-4-11-23)34(42)45-21-24-12-5-2-6-13-24/h1-17,20,28,32,40H,18-19,21-22H2,(H,38,44)(H,37,41,43)/t28-,32+,49?/m0/s1. The van der Waals surface area contributed by atoms with Crippen LogP contribution < -0.4 is 20.9 Å². The van der Waals surface area contributed by atoms with Gasteiger partial charge in [0.05, 0.1) is 12.6 Å². The molecule has 1 aromatic heterocycles. The molecule has 0 amide bonds. The fourth-order valence-corrected chi connectivity index (χ4v) is 6.65. The average Bonchev–Trinajstić information content (AvgIpc) is 3.48. The van der Waals surface area contributed by atoms with E-state index in [0.29, 0.717) is 11.6 Å². The number of hydrogen-bond donors (Lipinski definition) is 3. The molecule has 252 valence electrons. The minimum Gasteiger partial charge on any atom is -0.508 e. The summed E-state index contributed by atoms with van der Waals surface area (Å²) in [6.07, 6.45) is -0.807. The van der Waals surface area contributed by atoms with E-state index in [0.717, 1.165) is 21.1 Å². The predicted octanol–water partition coefficient (Wildman–Crippen LogP) is 5.67. The van der Waals surface area contributed by atoms with Gasteiger partial charge in [-0.15, -0.1) is 0 Å². The molecule has 0 radical (unpaired) electrons. The van der Waals surface area contributed by atoms with Crippen LogP contribution in [0.15, 0.2) is 130 Å². The monoisotopic (exact) mass is 687 g/mol. The van der Waals surface area contributed by atoms with Crippen molar-refractivity contribution in [1.82, 2.24) is 14.6 Å². The molecule has 3 atom stereocenters. The van der Waals surface area contributed by atoms with Gasteiger partial charge < -0.3 is 19.1 Å². The molecule has 1 aliphatic heterocycles. The van der Waals surface area contributed by atoms with Crippen molar-refractivity contribution in [2.45, 2.75) is 31.7 Å². The summed E-state index contributed by atoms with van der Waals surface area (Å²) >= 11 is 0. The fraction of sp³-hybridized carbons (Fsp3) is 0.171. The highest BCUT2D eigenvalue weighted by Crippen LogP contribution is 2.48. The third kappa shape index (κ3) is 8.15. The Balaban J connectivity index is 1.28. The van der Waals surface area contributed by atoms with Gasteiger partial charge in [0.2, 0.25) is 5.82 Å². The summed E-state index contributed by atoms with van der Waals surface area (Å²) in [4.78, 5) is 39.2. The summed E-state index contributed by atoms with van der Waals surface area (Å²) in [7, 11) is -4.53. The van der Waals surface area contributed by atoms with Crippen molar-refractivity contribution < 1.29 is 37.4 Å². The van der Waals surface area contributed by atoms with Crippen LogP contribution in [0.4, 0.5) is 4.39 Å². The molecule has 0 saturated heterocycles. The van der Waals surface area contributed by atoms with Crippen LogP contribution in [0.3, 0.4) is 0 Å². The van der Waals surface area contributed by atoms with E-state index in [-0.39, 0.29) is 36.7 Å². The third-order valence-corrected chi connectivity index (χ3v) is 9.18. The molecular weight excluding hydrogens is 656 g/mol. The number of aromatic nitrogens is 2. The van der Waals surface area contributed by atoms with E-state index in [2.05, 4.69) is 5.09 Å². The number of aromatic amines is 1. The first-order valence-electron chi connectivity index (χ1n) is 15.2. The Morgan fingerprint density at radius 1 is 0.959 bits per heavy atom. The summed E-state index contributed by atoms with van der Waals surface area (Å²) in [6.45, 7) is -0.683. The van der Waals surface area contributed by atoms with Gasteiger partial charge in [0.1, 0.15) is 30.8 Å². The molecule has 1 unspecified atom stereocenters. The molecule has 3 N–H and O–H groups in total. The second-order valence-corrected chi connectivity index (χ2v) is 12.8. The minimum absolute atomic E-state index is 0.0390. The molecule has 0 aliphatic carbocycles. The van der Waals surface area contributed by atoms with E-state index < -0.39 is 49.7 Å². The predicted molar refractivity (Wildman–Crippen MR) is 177 cm³/mol. The third-order valence-electron chi connectivity index (χ3n) is 7.64. The molecule has 6 rings (SSSR count). The number of halogens is 1. The van der Waals surface area contributed by atoms with Crippen LogP contribution in [-0.2, 0) is 36.4 Å². The first kappa shape index (κ1) is 33.4. The molecule has 5 aromatic rings. The number of nitrogens with one attached hydrogen (secondary N) is 2. The van der Waals surface area contributed by atoms with E-state index in [9.17, 15) is 28.4 Å². The number of H-pyrrole nitrogens is 1. The zero-order valence-electron chi connectivity index (χ0n) is 25.9. The lowest BCUT2D eigenvalue weighted by atomic mass is 10.1. The van der Waals surface area contributed by atoms with Gasteiger partial charge in [0.15, 0.2) is 12.0 Å². The minimum atomic E-state index is -4.53. The van der Waals surface area contributed by atoms with E-state index >= 15 is 0 Å². The summed E-state index contributed by atoms with van der Waals surface area (Å²) in [6, 6.07) is 29.2. The Hall–Kier alpha value is -5.49. The second kappa shape index (κ2) is 14.7. The smallest absolute Gasteiger partial charge is 0.459 e. The maximum absolute atomic E-state index is 14.7. The number of rotatable bonds is 13. The van der Waals surface area contributed by atoms with Crippen molar-refractivity contribution in [3.63, 3.8) is 0 Å². The van der Waals surface area contributed by atoms with Gasteiger partial charge in [-0.25, -0.2) is 9.36 Å². The van der Waals surface area contributed by atoms with Crippen LogP contribution >= 0.6 is 7.75 Å². The Kier molecular flexibility index (Phi) is 10.0. The maximum atomic E-state index is 14.7. The van der Waals surface area contributed by atoms with Gasteiger partial charge in [0.25, 0.3) is 5.56 Å². The van der Waals surface area contributed by atoms with Crippen molar-refractivity contribution in [2.75, 3.05) is 6.61 Å². The molecule has 2 heterocycles. The van der Waals surface area contributed by atoms with Gasteiger partial charge in [0, 0.05) is 5.39 Å². The molecule has 0 spiro atoms. The summed E-state index contributed by atoms with van der Waals surface area (Å²) in [5, 5.41) is 14.8. The first-order valence-corrected chi connectivity index (χ1v) is 16.7. The van der Waals surface area contributed by atoms with Crippen LogP contribution in [0.1, 0.15) is 23.8 Å². The second-order valence-electron chi connectivity index (χ2n) is 11.1. The summed E-state index contributed by atoms with van der Waals surface area (Å²) in [5.74, 6) is -2.37. The number of ether oxygens (including phenoxy) is 2. The van der Waals surface area contributed by atoms with Crippen LogP contribution in [0, 0.1) is 5.82 Å². The number of fused-ring (bicyclic) bond motifs is 1. The quantitative estimate of drug-likeness (QED) is 0.104. The number of esters is 1. The molecule has 49 heavy (non-hydrogen) atoms. The van der Waals surface area contributed by atoms with Crippen molar-refractivity contribution in [1.29, 1.82) is 0 Å². The Morgan fingerprint density at radius 3 is 2.39 bits per heavy atom. The van der Waals surface area contributed by atoms with E-state index in [1.165, 1.54) is 0 Å². The topological polar surface area (TPSA) is 158 Å². The van der Waals surface area contributed by atoms with Crippen LogP contribution in [0.25, 0.3) is 10.8 Å². The summed E-state index contributed by atoms with van der Waals surface area (Å²) < 4.78 is 52.6. The Labute approximate surface area is 278 Å². The highest BCUT2D eigenvalue weighted by atomic mass is 31.2. The number of carbonyl (C=O) groups is 1. The van der Waals surface area contributed by atoms with Crippen LogP contribution in [0.2, 0.25) is 0 Å². The number of benzene rings is 4. The van der Waals surface area contributed by atoms with E-state index in [4.69, 9.17) is 18.5 Å². The zero-order valence-corrected chi connectivity index (χ0v) is 26.8. The zero-order chi connectivity index (χ0) is 34.4. The number of carbonyl (C=O) groups excluding carboxylic acids is 1. The first-order chi connectivity index (χ1) is 23.7. The molecule has 14 heteroatoms. The van der Waals surface area contributed by atoms with E-state index in [1.54, 1.807) is 60.7 Å². The molecule has 0 fully saturated rings. The number of aliphatic hydroxyl groups is 1. The normalized spacial score (nSPS) is 16.1. The molecule has 0 bridgehead atoms. The van der Waals surface area contributed by atoms with Gasteiger partial charge in [-0.3, -0.25) is 23.7 Å². The summed E-state index contributed by atoms with van der Waals surface area (Å²) in [5.41, 5.74) is -0.687. The number of hydrogen-bond acceptors (Lipinski definition) is 9. The highest BCUT2D eigenvalue weighted by Gasteiger charge is 2.37. The lowest BCUT2D eigenvalue weighted by molar-refractivity contribution is -0.147. The van der Waals surface area contributed by atoms with Crippen molar-refractivity contribution in [3.05, 3.63) is 159 Å². The molecule has 12 nitrogen and oxygen atoms in total. The lowest BCUT2D eigenvalue weighted by Gasteiger charge is -2.25. The molecule has 1 aliphatic rings. The van der Waals surface area contributed by atoms with Crippen LogP contribution in [0.5, 0.6) is 5.75 Å². The van der Waals surface area contributed by atoms with Crippen molar-refractivity contribution in [3.8, 4) is 5.75 Å². The Bertz CT molecular complexity index is 2150. The molecular formula is C35H31FN3O9P. The molecule has 0 saturated carbocycles. The van der Waals surface area contributed by atoms with Gasteiger partial charge in [-0.05, 0) is 29.0 Å². The fourth-order valence-electron chi connectivity index (χ4n) is 5.19. The van der Waals surface area contributed by atoms with Crippen LogP contribution in [-0.4, -0.2) is 33.3 Å².